The van der Waals surface area contributed by atoms with Crippen molar-refractivity contribution in [2.45, 2.75) is 18.9 Å². The summed E-state index contributed by atoms with van der Waals surface area (Å²) in [6.45, 7) is 2.34. The van der Waals surface area contributed by atoms with E-state index in [9.17, 15) is 0 Å². The Labute approximate surface area is 135 Å². The second kappa shape index (κ2) is 7.09. The van der Waals surface area contributed by atoms with Crippen molar-refractivity contribution in [2.24, 2.45) is 0 Å². The molecule has 0 radical (unpaired) electrons. The number of pyridine rings is 1. The third kappa shape index (κ3) is 3.96. The van der Waals surface area contributed by atoms with Crippen molar-refractivity contribution >= 4 is 31.9 Å². The van der Waals surface area contributed by atoms with Crippen molar-refractivity contribution < 1.29 is 9.47 Å². The molecule has 1 heterocycles. The van der Waals surface area contributed by atoms with Crippen molar-refractivity contribution in [3.05, 3.63) is 51.8 Å². The summed E-state index contributed by atoms with van der Waals surface area (Å²) in [5, 5.41) is 0.822. The van der Waals surface area contributed by atoms with E-state index in [4.69, 9.17) is 9.47 Å². The lowest BCUT2D eigenvalue weighted by atomic mass is 10.2. The molecule has 0 aliphatic heterocycles. The molecule has 2 rings (SSSR count). The molecule has 5 heteroatoms. The van der Waals surface area contributed by atoms with Crippen molar-refractivity contribution in [1.29, 1.82) is 0 Å². The van der Waals surface area contributed by atoms with Crippen LogP contribution in [0.15, 0.2) is 34.8 Å². The molecule has 0 atom stereocenters. The summed E-state index contributed by atoms with van der Waals surface area (Å²) in [7, 11) is 1.65. The molecule has 0 aliphatic carbocycles. The van der Waals surface area contributed by atoms with E-state index < -0.39 is 0 Å². The van der Waals surface area contributed by atoms with Gasteiger partial charge in [0.1, 0.15) is 18.1 Å². The average Bonchev–Trinajstić information content (AvgIpc) is 2.45. The van der Waals surface area contributed by atoms with E-state index in [1.54, 1.807) is 7.11 Å². The lowest BCUT2D eigenvalue weighted by molar-refractivity contribution is 0.298. The largest absolute Gasteiger partial charge is 0.497 e. The third-order valence-corrected chi connectivity index (χ3v) is 4.01. The summed E-state index contributed by atoms with van der Waals surface area (Å²) in [6.07, 6.45) is 0. The van der Waals surface area contributed by atoms with Gasteiger partial charge in [0.05, 0.1) is 17.3 Å². The standard InChI is InChI=1S/C15H15Br2NO2/c1-10-5-13(19-2)7-12(18-10)9-20-15-4-3-11(8-16)6-14(15)17/h3-7H,8-9H2,1-2H3. The molecule has 0 unspecified atom stereocenters. The average molecular weight is 401 g/mol. The molecule has 0 bridgehead atoms. The number of aryl methyl sites for hydroxylation is 1. The van der Waals surface area contributed by atoms with Gasteiger partial charge in [-0.05, 0) is 40.5 Å². The fourth-order valence-electron chi connectivity index (χ4n) is 1.79. The maximum atomic E-state index is 5.80. The molecule has 106 valence electrons. The Kier molecular flexibility index (Phi) is 5.43. The summed E-state index contributed by atoms with van der Waals surface area (Å²) >= 11 is 6.94. The Morgan fingerprint density at radius 3 is 2.65 bits per heavy atom. The molecule has 0 saturated carbocycles. The molecular formula is C15H15Br2NO2. The van der Waals surface area contributed by atoms with Crippen molar-refractivity contribution in [1.82, 2.24) is 4.98 Å². The van der Waals surface area contributed by atoms with Gasteiger partial charge in [-0.2, -0.15) is 0 Å². The lowest BCUT2D eigenvalue weighted by Crippen LogP contribution is -2.01. The van der Waals surface area contributed by atoms with Gasteiger partial charge in [-0.1, -0.05) is 22.0 Å². The zero-order valence-corrected chi connectivity index (χ0v) is 14.5. The first kappa shape index (κ1) is 15.3. The van der Waals surface area contributed by atoms with Crippen LogP contribution in [0.1, 0.15) is 17.0 Å². The topological polar surface area (TPSA) is 31.4 Å². The molecule has 0 amide bonds. The number of halogens is 2. The van der Waals surface area contributed by atoms with Gasteiger partial charge < -0.3 is 9.47 Å². The minimum absolute atomic E-state index is 0.407. The maximum Gasteiger partial charge on any atom is 0.134 e. The van der Waals surface area contributed by atoms with E-state index in [-0.39, 0.29) is 0 Å². The highest BCUT2D eigenvalue weighted by Gasteiger charge is 2.05. The van der Waals surface area contributed by atoms with Crippen LogP contribution in [0.25, 0.3) is 0 Å². The SMILES string of the molecule is COc1cc(C)nc(COc2ccc(CBr)cc2Br)c1. The molecule has 0 fully saturated rings. The predicted octanol–water partition coefficient (Wildman–Crippen LogP) is 4.64. The van der Waals surface area contributed by atoms with E-state index in [0.717, 1.165) is 32.7 Å². The second-order valence-electron chi connectivity index (χ2n) is 4.33. The Bertz CT molecular complexity index is 602. The number of ether oxygens (including phenoxy) is 2. The molecule has 0 spiro atoms. The molecule has 20 heavy (non-hydrogen) atoms. The molecule has 2 aromatic rings. The second-order valence-corrected chi connectivity index (χ2v) is 5.74. The van der Waals surface area contributed by atoms with E-state index in [0.29, 0.717) is 6.61 Å². The van der Waals surface area contributed by atoms with E-state index in [1.165, 1.54) is 5.56 Å². The highest BCUT2D eigenvalue weighted by molar-refractivity contribution is 9.10. The fraction of sp³-hybridized carbons (Fsp3) is 0.267. The summed E-state index contributed by atoms with van der Waals surface area (Å²) in [5.74, 6) is 1.60. The third-order valence-electron chi connectivity index (χ3n) is 2.74. The Morgan fingerprint density at radius 1 is 1.20 bits per heavy atom. The molecule has 0 N–H and O–H groups in total. The van der Waals surface area contributed by atoms with Crippen LogP contribution in [0, 0.1) is 6.92 Å². The molecular weight excluding hydrogens is 386 g/mol. The van der Waals surface area contributed by atoms with Gasteiger partial charge in [0, 0.05) is 23.2 Å². The van der Waals surface area contributed by atoms with Gasteiger partial charge in [0.25, 0.3) is 0 Å². The normalized spacial score (nSPS) is 10.4. The van der Waals surface area contributed by atoms with E-state index in [2.05, 4.69) is 36.8 Å². The summed E-state index contributed by atoms with van der Waals surface area (Å²) in [5.41, 5.74) is 2.95. The highest BCUT2D eigenvalue weighted by Crippen LogP contribution is 2.27. The van der Waals surface area contributed by atoms with Gasteiger partial charge in [-0.25, -0.2) is 0 Å². The highest BCUT2D eigenvalue weighted by atomic mass is 79.9. The van der Waals surface area contributed by atoms with Crippen LogP contribution in [0.3, 0.4) is 0 Å². The Hall–Kier alpha value is -1.07. The van der Waals surface area contributed by atoms with Crippen LogP contribution in [0.4, 0.5) is 0 Å². The van der Waals surface area contributed by atoms with E-state index in [1.807, 2.05) is 37.3 Å². The minimum Gasteiger partial charge on any atom is -0.497 e. The molecule has 3 nitrogen and oxygen atoms in total. The van der Waals surface area contributed by atoms with Crippen molar-refractivity contribution in [2.75, 3.05) is 7.11 Å². The number of aromatic nitrogens is 1. The number of hydrogen-bond acceptors (Lipinski definition) is 3. The zero-order chi connectivity index (χ0) is 14.5. The Morgan fingerprint density at radius 2 is 2.00 bits per heavy atom. The fourth-order valence-corrected chi connectivity index (χ4v) is 2.68. The zero-order valence-electron chi connectivity index (χ0n) is 11.3. The van der Waals surface area contributed by atoms with Crippen LogP contribution in [0.5, 0.6) is 11.5 Å². The number of benzene rings is 1. The van der Waals surface area contributed by atoms with Gasteiger partial charge in [0.2, 0.25) is 0 Å². The van der Waals surface area contributed by atoms with Crippen LogP contribution in [-0.4, -0.2) is 12.1 Å². The molecule has 1 aromatic carbocycles. The quantitative estimate of drug-likeness (QED) is 0.685. The number of nitrogens with zero attached hydrogens (tertiary/aromatic N) is 1. The van der Waals surface area contributed by atoms with Gasteiger partial charge in [-0.15, -0.1) is 0 Å². The van der Waals surface area contributed by atoms with Crippen LogP contribution < -0.4 is 9.47 Å². The minimum atomic E-state index is 0.407. The first-order chi connectivity index (χ1) is 9.62. The molecule has 0 aliphatic rings. The number of alkyl halides is 1. The Balaban J connectivity index is 2.10. The number of methoxy groups -OCH3 is 1. The molecule has 1 aromatic heterocycles. The first-order valence-corrected chi connectivity index (χ1v) is 8.02. The van der Waals surface area contributed by atoms with Gasteiger partial charge in [0.15, 0.2) is 0 Å². The lowest BCUT2D eigenvalue weighted by Gasteiger charge is -2.10. The van der Waals surface area contributed by atoms with Crippen LogP contribution >= 0.6 is 31.9 Å². The van der Waals surface area contributed by atoms with Gasteiger partial charge >= 0.3 is 0 Å². The number of hydrogen-bond donors (Lipinski definition) is 0. The van der Waals surface area contributed by atoms with Crippen molar-refractivity contribution in [3.63, 3.8) is 0 Å². The summed E-state index contributed by atoms with van der Waals surface area (Å²) < 4.78 is 12.0. The van der Waals surface area contributed by atoms with Gasteiger partial charge in [-0.3, -0.25) is 4.98 Å². The summed E-state index contributed by atoms with van der Waals surface area (Å²) in [4.78, 5) is 4.43. The van der Waals surface area contributed by atoms with Crippen LogP contribution in [-0.2, 0) is 11.9 Å². The monoisotopic (exact) mass is 399 g/mol. The molecule has 0 saturated heterocycles. The number of rotatable bonds is 5. The van der Waals surface area contributed by atoms with Crippen molar-refractivity contribution in [3.8, 4) is 11.5 Å². The predicted molar refractivity (Wildman–Crippen MR) is 86.6 cm³/mol. The maximum absolute atomic E-state index is 5.80. The summed E-state index contributed by atoms with van der Waals surface area (Å²) in [6, 6.07) is 9.79. The van der Waals surface area contributed by atoms with Crippen LogP contribution in [0.2, 0.25) is 0 Å². The first-order valence-electron chi connectivity index (χ1n) is 6.11. The van der Waals surface area contributed by atoms with E-state index >= 15 is 0 Å². The smallest absolute Gasteiger partial charge is 0.134 e.